The molecule has 5 nitrogen and oxygen atoms in total. The van der Waals surface area contributed by atoms with Crippen molar-refractivity contribution < 1.29 is 19.1 Å². The number of methoxy groups -OCH3 is 2. The predicted molar refractivity (Wildman–Crippen MR) is 119 cm³/mol. The molecule has 3 rings (SSSR count). The summed E-state index contributed by atoms with van der Waals surface area (Å²) in [5.41, 5.74) is 3.20. The third-order valence-electron chi connectivity index (χ3n) is 4.48. The number of hydrogen-bond donors (Lipinski definition) is 0. The Hall–Kier alpha value is -3.86. The molecule has 3 aromatic rings. The Morgan fingerprint density at radius 3 is 1.77 bits per heavy atom. The van der Waals surface area contributed by atoms with Crippen LogP contribution < -0.4 is 14.3 Å². The smallest absolute Gasteiger partial charge is 0.185 e. The van der Waals surface area contributed by atoms with E-state index in [0.717, 1.165) is 28.3 Å². The molecule has 152 valence electrons. The largest absolute Gasteiger partial charge is 0.497 e. The summed E-state index contributed by atoms with van der Waals surface area (Å²) in [7, 11) is 3.22. The zero-order chi connectivity index (χ0) is 21.3. The molecule has 30 heavy (non-hydrogen) atoms. The molecular weight excluding hydrogens is 378 g/mol. The highest BCUT2D eigenvalue weighted by atomic mass is 16.6. The first-order valence-electron chi connectivity index (χ1n) is 9.41. The van der Waals surface area contributed by atoms with Crippen molar-refractivity contribution in [3.63, 3.8) is 0 Å². The summed E-state index contributed by atoms with van der Waals surface area (Å²) < 4.78 is 10.3. The molecule has 0 atom stereocenters. The minimum Gasteiger partial charge on any atom is -0.497 e. The quantitative estimate of drug-likeness (QED) is 0.219. The number of hydrogen-bond acceptors (Lipinski definition) is 5. The summed E-state index contributed by atoms with van der Waals surface area (Å²) in [4.78, 5) is 17.8. The van der Waals surface area contributed by atoms with Crippen molar-refractivity contribution in [1.82, 2.24) is 0 Å². The van der Waals surface area contributed by atoms with Crippen LogP contribution in [-0.2, 0) is 0 Å². The van der Waals surface area contributed by atoms with Crippen LogP contribution in [0.5, 0.6) is 17.2 Å². The van der Waals surface area contributed by atoms with Crippen LogP contribution in [0.25, 0.3) is 6.08 Å². The number of rotatable bonds is 8. The number of ether oxygens (including phenoxy) is 2. The second-order valence-corrected chi connectivity index (χ2v) is 6.49. The molecule has 0 bridgehead atoms. The van der Waals surface area contributed by atoms with Crippen molar-refractivity contribution in [2.24, 2.45) is 5.16 Å². The van der Waals surface area contributed by atoms with E-state index in [-0.39, 0.29) is 5.78 Å². The zero-order valence-electron chi connectivity index (χ0n) is 17.2. The number of carbonyl (C=O) groups is 1. The van der Waals surface area contributed by atoms with Gasteiger partial charge < -0.3 is 14.3 Å². The van der Waals surface area contributed by atoms with Gasteiger partial charge in [0.15, 0.2) is 11.5 Å². The SMILES string of the molecule is COc1ccc(C(=O)/C=C/c2ccc(O/N=C(\C)c3ccc(OC)cc3)cc2)cc1. The van der Waals surface area contributed by atoms with E-state index in [1.807, 2.05) is 55.5 Å². The molecule has 0 unspecified atom stereocenters. The lowest BCUT2D eigenvalue weighted by Gasteiger charge is -2.04. The van der Waals surface area contributed by atoms with Crippen molar-refractivity contribution in [2.75, 3.05) is 14.2 Å². The summed E-state index contributed by atoms with van der Waals surface area (Å²) in [6.45, 7) is 1.88. The molecular formula is C25H23NO4. The molecule has 3 aromatic carbocycles. The van der Waals surface area contributed by atoms with Crippen molar-refractivity contribution in [3.8, 4) is 17.2 Å². The fourth-order valence-electron chi connectivity index (χ4n) is 2.67. The minimum absolute atomic E-state index is 0.0716. The fourth-order valence-corrected chi connectivity index (χ4v) is 2.67. The Labute approximate surface area is 176 Å². The van der Waals surface area contributed by atoms with Crippen LogP contribution >= 0.6 is 0 Å². The molecule has 0 aromatic heterocycles. The number of allylic oxidation sites excluding steroid dienone is 1. The molecule has 0 heterocycles. The van der Waals surface area contributed by atoms with Gasteiger partial charge in [-0.3, -0.25) is 4.79 Å². The maximum Gasteiger partial charge on any atom is 0.185 e. The number of carbonyl (C=O) groups excluding carboxylic acids is 1. The molecule has 0 fully saturated rings. The molecule has 0 radical (unpaired) electrons. The van der Waals surface area contributed by atoms with E-state index in [1.165, 1.54) is 0 Å². The molecule has 0 N–H and O–H groups in total. The van der Waals surface area contributed by atoms with E-state index >= 15 is 0 Å². The van der Waals surface area contributed by atoms with Gasteiger partial charge in [0.1, 0.15) is 11.5 Å². The van der Waals surface area contributed by atoms with Crippen molar-refractivity contribution in [1.29, 1.82) is 0 Å². The summed E-state index contributed by atoms with van der Waals surface area (Å²) in [6, 6.07) is 22.0. The van der Waals surface area contributed by atoms with Gasteiger partial charge in [0.05, 0.1) is 19.9 Å². The number of oxime groups is 1. The highest BCUT2D eigenvalue weighted by molar-refractivity contribution is 6.06. The molecule has 0 aliphatic rings. The Morgan fingerprint density at radius 1 is 0.733 bits per heavy atom. The van der Waals surface area contributed by atoms with Crippen molar-refractivity contribution in [2.45, 2.75) is 6.92 Å². The zero-order valence-corrected chi connectivity index (χ0v) is 17.2. The van der Waals surface area contributed by atoms with Gasteiger partial charge in [-0.05, 0) is 84.8 Å². The lowest BCUT2D eigenvalue weighted by molar-refractivity contribution is 0.104. The number of ketones is 1. The maximum absolute atomic E-state index is 12.3. The summed E-state index contributed by atoms with van der Waals surface area (Å²) in [6.07, 6.45) is 3.31. The Balaban J connectivity index is 1.59. The second-order valence-electron chi connectivity index (χ2n) is 6.49. The van der Waals surface area contributed by atoms with Crippen LogP contribution in [-0.4, -0.2) is 25.7 Å². The van der Waals surface area contributed by atoms with Crippen LogP contribution in [0.2, 0.25) is 0 Å². The Kier molecular flexibility index (Phi) is 7.00. The van der Waals surface area contributed by atoms with Gasteiger partial charge in [0.2, 0.25) is 0 Å². The van der Waals surface area contributed by atoms with Gasteiger partial charge in [-0.1, -0.05) is 23.4 Å². The second kappa shape index (κ2) is 10.1. The lowest BCUT2D eigenvalue weighted by Crippen LogP contribution is -1.98. The molecule has 0 aliphatic heterocycles. The average molecular weight is 401 g/mol. The van der Waals surface area contributed by atoms with Gasteiger partial charge >= 0.3 is 0 Å². The molecule has 0 saturated heterocycles. The van der Waals surface area contributed by atoms with Gasteiger partial charge in [-0.25, -0.2) is 0 Å². The Morgan fingerprint density at radius 2 is 1.23 bits per heavy atom. The normalized spacial score (nSPS) is 11.4. The Bertz CT molecular complexity index is 1030. The van der Waals surface area contributed by atoms with E-state index in [0.29, 0.717) is 11.3 Å². The molecule has 5 heteroatoms. The number of benzene rings is 3. The van der Waals surface area contributed by atoms with Crippen LogP contribution in [0, 0.1) is 0 Å². The van der Waals surface area contributed by atoms with Gasteiger partial charge in [0.25, 0.3) is 0 Å². The summed E-state index contributed by atoms with van der Waals surface area (Å²) in [5, 5.41) is 4.17. The molecule has 0 amide bonds. The highest BCUT2D eigenvalue weighted by Crippen LogP contribution is 2.17. The molecule has 0 aliphatic carbocycles. The highest BCUT2D eigenvalue weighted by Gasteiger charge is 2.03. The summed E-state index contributed by atoms with van der Waals surface area (Å²) >= 11 is 0. The topological polar surface area (TPSA) is 57.1 Å². The van der Waals surface area contributed by atoms with Crippen LogP contribution in [0.15, 0.2) is 84.0 Å². The van der Waals surface area contributed by atoms with E-state index in [2.05, 4.69) is 5.16 Å². The van der Waals surface area contributed by atoms with Crippen LogP contribution in [0.4, 0.5) is 0 Å². The fraction of sp³-hybridized carbons (Fsp3) is 0.120. The van der Waals surface area contributed by atoms with E-state index < -0.39 is 0 Å². The van der Waals surface area contributed by atoms with Gasteiger partial charge in [-0.2, -0.15) is 0 Å². The molecule has 0 saturated carbocycles. The van der Waals surface area contributed by atoms with Gasteiger partial charge in [0, 0.05) is 5.56 Å². The third-order valence-corrected chi connectivity index (χ3v) is 4.48. The van der Waals surface area contributed by atoms with Crippen molar-refractivity contribution >= 4 is 17.6 Å². The van der Waals surface area contributed by atoms with Crippen molar-refractivity contribution in [3.05, 3.63) is 95.6 Å². The van der Waals surface area contributed by atoms with E-state index in [1.54, 1.807) is 50.6 Å². The average Bonchev–Trinajstić information content (AvgIpc) is 2.81. The monoisotopic (exact) mass is 401 g/mol. The van der Waals surface area contributed by atoms with Gasteiger partial charge in [-0.15, -0.1) is 0 Å². The first kappa shape index (κ1) is 20.9. The standard InChI is InChI=1S/C25H23NO4/c1-18(20-7-13-22(28-2)14-8-20)26-30-24-11-4-19(5-12-24)6-17-25(27)21-9-15-23(29-3)16-10-21/h4-17H,1-3H3/b17-6+,26-18+. The first-order chi connectivity index (χ1) is 14.6. The van der Waals surface area contributed by atoms with Crippen LogP contribution in [0.1, 0.15) is 28.4 Å². The maximum atomic E-state index is 12.3. The van der Waals surface area contributed by atoms with E-state index in [4.69, 9.17) is 14.3 Å². The number of nitrogens with zero attached hydrogens (tertiary/aromatic N) is 1. The van der Waals surface area contributed by atoms with E-state index in [9.17, 15) is 4.79 Å². The molecule has 0 spiro atoms. The first-order valence-corrected chi connectivity index (χ1v) is 9.41. The minimum atomic E-state index is -0.0716. The summed E-state index contributed by atoms with van der Waals surface area (Å²) in [5.74, 6) is 2.05. The lowest BCUT2D eigenvalue weighted by atomic mass is 10.1. The predicted octanol–water partition coefficient (Wildman–Crippen LogP) is 5.40. The third kappa shape index (κ3) is 5.58. The van der Waals surface area contributed by atoms with Crippen LogP contribution in [0.3, 0.4) is 0 Å².